The quantitative estimate of drug-likeness (QED) is 0.871. The van der Waals surface area contributed by atoms with E-state index in [4.69, 9.17) is 15.3 Å². The molecule has 0 radical (unpaired) electrons. The van der Waals surface area contributed by atoms with Crippen LogP contribution in [0.5, 0.6) is 0 Å². The minimum absolute atomic E-state index is 0.0998. The number of carbonyl (C=O) groups excluding carboxylic acids is 1. The van der Waals surface area contributed by atoms with Gasteiger partial charge in [0.25, 0.3) is 5.91 Å². The molecule has 2 N–H and O–H groups in total. The lowest BCUT2D eigenvalue weighted by molar-refractivity contribution is -0.135. The SMILES string of the molecule is CCC(OC)C1(CC(C)N)C(=O)N(OC)c2ccccc21. The van der Waals surface area contributed by atoms with E-state index in [0.717, 1.165) is 17.7 Å². The first kappa shape index (κ1) is 15.9. The Kier molecular flexibility index (Phi) is 4.66. The molecule has 0 fully saturated rings. The van der Waals surface area contributed by atoms with Crippen LogP contribution in [0.3, 0.4) is 0 Å². The molecule has 1 heterocycles. The Bertz CT molecular complexity index is 514. The predicted octanol–water partition coefficient (Wildman–Crippen LogP) is 1.99. The van der Waals surface area contributed by atoms with E-state index in [1.54, 1.807) is 7.11 Å². The molecule has 5 nitrogen and oxygen atoms in total. The fourth-order valence-corrected chi connectivity index (χ4v) is 3.48. The van der Waals surface area contributed by atoms with Crippen molar-refractivity contribution in [2.75, 3.05) is 19.3 Å². The summed E-state index contributed by atoms with van der Waals surface area (Å²) in [7, 11) is 3.15. The molecule has 21 heavy (non-hydrogen) atoms. The monoisotopic (exact) mass is 292 g/mol. The maximum absolute atomic E-state index is 13.1. The molecule has 1 aromatic carbocycles. The normalized spacial score (nSPS) is 24.0. The van der Waals surface area contributed by atoms with Gasteiger partial charge in [0.2, 0.25) is 0 Å². The predicted molar refractivity (Wildman–Crippen MR) is 82.0 cm³/mol. The molecule has 0 bridgehead atoms. The summed E-state index contributed by atoms with van der Waals surface area (Å²) >= 11 is 0. The van der Waals surface area contributed by atoms with Crippen LogP contribution in [0.2, 0.25) is 0 Å². The zero-order chi connectivity index (χ0) is 15.6. The smallest absolute Gasteiger partial charge is 0.264 e. The summed E-state index contributed by atoms with van der Waals surface area (Å²) in [5, 5.41) is 1.36. The molecule has 116 valence electrons. The van der Waals surface area contributed by atoms with Crippen molar-refractivity contribution < 1.29 is 14.4 Å². The maximum Gasteiger partial charge on any atom is 0.264 e. The fraction of sp³-hybridized carbons (Fsp3) is 0.562. The first-order chi connectivity index (χ1) is 10.0. The fourth-order valence-electron chi connectivity index (χ4n) is 3.48. The van der Waals surface area contributed by atoms with Gasteiger partial charge in [0.15, 0.2) is 0 Å². The van der Waals surface area contributed by atoms with Crippen molar-refractivity contribution >= 4 is 11.6 Å². The van der Waals surface area contributed by atoms with Crippen LogP contribution in [0.25, 0.3) is 0 Å². The second-order valence-corrected chi connectivity index (χ2v) is 5.58. The summed E-state index contributed by atoms with van der Waals surface area (Å²) < 4.78 is 5.65. The molecule has 0 spiro atoms. The topological polar surface area (TPSA) is 64.8 Å². The van der Waals surface area contributed by atoms with Crippen molar-refractivity contribution in [1.29, 1.82) is 0 Å². The number of nitrogens with two attached hydrogens (primary N) is 1. The van der Waals surface area contributed by atoms with Crippen LogP contribution in [-0.4, -0.2) is 32.3 Å². The van der Waals surface area contributed by atoms with E-state index < -0.39 is 5.41 Å². The van der Waals surface area contributed by atoms with Gasteiger partial charge in [-0.3, -0.25) is 9.63 Å². The van der Waals surface area contributed by atoms with E-state index in [2.05, 4.69) is 0 Å². The number of fused-ring (bicyclic) bond motifs is 1. The third kappa shape index (κ3) is 2.35. The summed E-state index contributed by atoms with van der Waals surface area (Å²) in [6.07, 6.45) is 1.01. The third-order valence-electron chi connectivity index (χ3n) is 4.20. The Morgan fingerprint density at radius 1 is 1.33 bits per heavy atom. The molecular weight excluding hydrogens is 268 g/mol. The average Bonchev–Trinajstić information content (AvgIpc) is 2.70. The van der Waals surface area contributed by atoms with Crippen molar-refractivity contribution in [3.63, 3.8) is 0 Å². The van der Waals surface area contributed by atoms with E-state index in [1.807, 2.05) is 38.1 Å². The highest BCUT2D eigenvalue weighted by Crippen LogP contribution is 2.48. The zero-order valence-corrected chi connectivity index (χ0v) is 13.1. The molecule has 1 aliphatic rings. The van der Waals surface area contributed by atoms with Gasteiger partial charge in [-0.15, -0.1) is 0 Å². The summed E-state index contributed by atoms with van der Waals surface area (Å²) in [5.74, 6) is -0.0998. The van der Waals surface area contributed by atoms with E-state index in [1.165, 1.54) is 12.2 Å². The summed E-state index contributed by atoms with van der Waals surface area (Å²) in [6, 6.07) is 7.57. The van der Waals surface area contributed by atoms with Gasteiger partial charge >= 0.3 is 0 Å². The summed E-state index contributed by atoms with van der Waals surface area (Å²) in [6.45, 7) is 3.93. The van der Waals surface area contributed by atoms with Gasteiger partial charge in [0.05, 0.1) is 18.9 Å². The summed E-state index contributed by atoms with van der Waals surface area (Å²) in [4.78, 5) is 18.4. The number of carbonyl (C=O) groups is 1. The number of benzene rings is 1. The number of rotatable bonds is 6. The van der Waals surface area contributed by atoms with Crippen LogP contribution in [-0.2, 0) is 19.8 Å². The summed E-state index contributed by atoms with van der Waals surface area (Å²) in [5.41, 5.74) is 6.97. The molecule has 3 unspecified atom stereocenters. The van der Waals surface area contributed by atoms with Gasteiger partial charge in [-0.1, -0.05) is 25.1 Å². The van der Waals surface area contributed by atoms with Gasteiger partial charge in [0, 0.05) is 13.2 Å². The third-order valence-corrected chi connectivity index (χ3v) is 4.20. The maximum atomic E-state index is 13.1. The molecule has 0 saturated heterocycles. The molecule has 3 atom stereocenters. The molecule has 5 heteroatoms. The van der Waals surface area contributed by atoms with E-state index in [0.29, 0.717) is 6.42 Å². The Morgan fingerprint density at radius 3 is 2.52 bits per heavy atom. The van der Waals surface area contributed by atoms with Gasteiger partial charge in [0.1, 0.15) is 5.41 Å². The van der Waals surface area contributed by atoms with Crippen molar-refractivity contribution in [1.82, 2.24) is 0 Å². The van der Waals surface area contributed by atoms with E-state index >= 15 is 0 Å². The van der Waals surface area contributed by atoms with Crippen LogP contribution in [0.4, 0.5) is 5.69 Å². The molecular formula is C16H24N2O3. The number of hydrogen-bond acceptors (Lipinski definition) is 4. The molecule has 1 aromatic rings. The van der Waals surface area contributed by atoms with Gasteiger partial charge in [-0.05, 0) is 31.4 Å². The number of para-hydroxylation sites is 1. The standard InChI is InChI=1S/C16H24N2O3/c1-5-14(20-3)16(10-11(2)17)12-8-6-7-9-13(12)18(21-4)15(16)19/h6-9,11,14H,5,10,17H2,1-4H3. The minimum atomic E-state index is -0.787. The Hall–Kier alpha value is -1.43. The van der Waals surface area contributed by atoms with Crippen LogP contribution >= 0.6 is 0 Å². The number of anilines is 1. The number of amides is 1. The number of hydrogen-bond donors (Lipinski definition) is 1. The van der Waals surface area contributed by atoms with Gasteiger partial charge in [-0.25, -0.2) is 0 Å². The van der Waals surface area contributed by atoms with Crippen LogP contribution in [0, 0.1) is 0 Å². The lowest BCUT2D eigenvalue weighted by Crippen LogP contribution is -2.51. The van der Waals surface area contributed by atoms with E-state index in [-0.39, 0.29) is 18.1 Å². The first-order valence-electron chi connectivity index (χ1n) is 7.29. The van der Waals surface area contributed by atoms with Crippen LogP contribution < -0.4 is 10.8 Å². The highest BCUT2D eigenvalue weighted by atomic mass is 16.7. The zero-order valence-electron chi connectivity index (χ0n) is 13.1. The van der Waals surface area contributed by atoms with Crippen LogP contribution in [0.15, 0.2) is 24.3 Å². The van der Waals surface area contributed by atoms with Crippen LogP contribution in [0.1, 0.15) is 32.3 Å². The van der Waals surface area contributed by atoms with E-state index in [9.17, 15) is 4.79 Å². The molecule has 0 aromatic heterocycles. The highest BCUT2D eigenvalue weighted by molar-refractivity contribution is 6.07. The number of nitrogens with zero attached hydrogens (tertiary/aromatic N) is 1. The second kappa shape index (κ2) is 6.13. The Labute approximate surface area is 126 Å². The first-order valence-corrected chi connectivity index (χ1v) is 7.29. The Morgan fingerprint density at radius 2 is 2.00 bits per heavy atom. The largest absolute Gasteiger partial charge is 0.380 e. The van der Waals surface area contributed by atoms with Crippen molar-refractivity contribution in [2.45, 2.75) is 44.2 Å². The van der Waals surface area contributed by atoms with Gasteiger partial charge < -0.3 is 10.5 Å². The molecule has 0 saturated carbocycles. The molecule has 1 aliphatic heterocycles. The average molecular weight is 292 g/mol. The molecule has 0 aliphatic carbocycles. The number of methoxy groups -OCH3 is 1. The number of hydroxylamine groups is 1. The lowest BCUT2D eigenvalue weighted by atomic mass is 9.71. The molecule has 2 rings (SSSR count). The second-order valence-electron chi connectivity index (χ2n) is 5.58. The molecule has 1 amide bonds. The van der Waals surface area contributed by atoms with Crippen molar-refractivity contribution in [3.8, 4) is 0 Å². The van der Waals surface area contributed by atoms with Crippen molar-refractivity contribution in [3.05, 3.63) is 29.8 Å². The minimum Gasteiger partial charge on any atom is -0.380 e. The number of ether oxygens (including phenoxy) is 1. The lowest BCUT2D eigenvalue weighted by Gasteiger charge is -2.36. The van der Waals surface area contributed by atoms with Crippen molar-refractivity contribution in [2.24, 2.45) is 5.73 Å². The van der Waals surface area contributed by atoms with Gasteiger partial charge in [-0.2, -0.15) is 5.06 Å². The Balaban J connectivity index is 2.66. The highest BCUT2D eigenvalue weighted by Gasteiger charge is 2.56.